The van der Waals surface area contributed by atoms with E-state index in [2.05, 4.69) is 10.6 Å². The lowest BCUT2D eigenvalue weighted by molar-refractivity contribution is -0.120. The molecule has 1 aliphatic rings. The Bertz CT molecular complexity index is 592. The zero-order valence-electron chi connectivity index (χ0n) is 10.9. The van der Waals surface area contributed by atoms with Crippen LogP contribution in [-0.2, 0) is 9.59 Å². The van der Waals surface area contributed by atoms with Crippen LogP contribution in [0.1, 0.15) is 20.3 Å². The molecule has 1 fully saturated rings. The summed E-state index contributed by atoms with van der Waals surface area (Å²) < 4.78 is 12.4. The van der Waals surface area contributed by atoms with Crippen molar-refractivity contribution in [1.29, 1.82) is 0 Å². The molecule has 4 nitrogen and oxygen atoms in total. The summed E-state index contributed by atoms with van der Waals surface area (Å²) in [6.07, 6.45) is 0.356. The predicted molar refractivity (Wildman–Crippen MR) is 76.5 cm³/mol. The molecule has 0 bridgehead atoms. The van der Waals surface area contributed by atoms with Crippen molar-refractivity contribution in [3.05, 3.63) is 24.0 Å². The minimum Gasteiger partial charge on any atom is -0.325 e. The molecule has 1 aromatic rings. The second-order valence-corrected chi connectivity index (χ2v) is 6.53. The highest BCUT2D eigenvalue weighted by Crippen LogP contribution is 2.64. The van der Waals surface area contributed by atoms with E-state index in [0.717, 1.165) is 6.07 Å². The Kier molecular flexibility index (Phi) is 3.69. The van der Waals surface area contributed by atoms with Crippen molar-refractivity contribution in [2.45, 2.75) is 24.6 Å². The van der Waals surface area contributed by atoms with Gasteiger partial charge in [-0.3, -0.25) is 9.59 Å². The van der Waals surface area contributed by atoms with E-state index in [9.17, 15) is 14.0 Å². The number of hydrogen-bond donors (Lipinski definition) is 2. The third-order valence-electron chi connectivity index (χ3n) is 3.29. The van der Waals surface area contributed by atoms with E-state index in [1.54, 1.807) is 6.92 Å². The Labute approximate surface area is 125 Å². The summed E-state index contributed by atoms with van der Waals surface area (Å²) in [5.41, 5.74) is -0.504. The molecule has 0 saturated heterocycles. The molecular weight excluding hydrogens is 306 g/mol. The van der Waals surface area contributed by atoms with E-state index in [1.807, 2.05) is 0 Å². The first-order chi connectivity index (χ1) is 9.15. The standard InChI is InChI=1S/C13H13Cl2FN2O2/c1-7(19)17-10-5-8(3-4-9(10)16)18-11(20)12(2)6-13(12,14)15/h3-5H,6H2,1-2H3,(H,17,19)(H,18,20). The van der Waals surface area contributed by atoms with Crippen LogP contribution in [0, 0.1) is 11.2 Å². The van der Waals surface area contributed by atoms with Gasteiger partial charge in [0.25, 0.3) is 0 Å². The van der Waals surface area contributed by atoms with E-state index in [1.165, 1.54) is 19.1 Å². The van der Waals surface area contributed by atoms with Gasteiger partial charge in [-0.15, -0.1) is 23.2 Å². The molecule has 1 aliphatic carbocycles. The molecule has 1 unspecified atom stereocenters. The fraction of sp³-hybridized carbons (Fsp3) is 0.385. The molecule has 2 rings (SSSR count). The zero-order valence-corrected chi connectivity index (χ0v) is 12.4. The third kappa shape index (κ3) is 2.74. The highest BCUT2D eigenvalue weighted by molar-refractivity contribution is 6.53. The lowest BCUT2D eigenvalue weighted by Crippen LogP contribution is -2.26. The van der Waals surface area contributed by atoms with Gasteiger partial charge < -0.3 is 10.6 Å². The SMILES string of the molecule is CC(=O)Nc1cc(NC(=O)C2(C)CC2(Cl)Cl)ccc1F. The van der Waals surface area contributed by atoms with Gasteiger partial charge in [0.2, 0.25) is 11.8 Å². The molecule has 20 heavy (non-hydrogen) atoms. The molecule has 7 heteroatoms. The summed E-state index contributed by atoms with van der Waals surface area (Å²) in [6, 6.07) is 3.89. The van der Waals surface area contributed by atoms with Crippen LogP contribution in [-0.4, -0.2) is 16.1 Å². The summed E-state index contributed by atoms with van der Waals surface area (Å²) >= 11 is 11.8. The minimum atomic E-state index is -1.07. The van der Waals surface area contributed by atoms with E-state index in [4.69, 9.17) is 23.2 Å². The smallest absolute Gasteiger partial charge is 0.233 e. The number of carbonyl (C=O) groups excluding carboxylic acids is 2. The van der Waals surface area contributed by atoms with Gasteiger partial charge in [0.05, 0.1) is 11.1 Å². The van der Waals surface area contributed by atoms with E-state index < -0.39 is 21.5 Å². The van der Waals surface area contributed by atoms with Gasteiger partial charge in [0.15, 0.2) is 0 Å². The highest BCUT2D eigenvalue weighted by atomic mass is 35.5. The van der Waals surface area contributed by atoms with Crippen LogP contribution in [0.15, 0.2) is 18.2 Å². The molecule has 1 aromatic carbocycles. The second kappa shape index (κ2) is 4.90. The molecule has 2 N–H and O–H groups in total. The number of carbonyl (C=O) groups is 2. The van der Waals surface area contributed by atoms with Gasteiger partial charge in [-0.2, -0.15) is 0 Å². The number of nitrogens with one attached hydrogen (secondary N) is 2. The van der Waals surface area contributed by atoms with Crippen molar-refractivity contribution >= 4 is 46.4 Å². The number of benzene rings is 1. The first-order valence-electron chi connectivity index (χ1n) is 5.92. The highest BCUT2D eigenvalue weighted by Gasteiger charge is 2.67. The molecule has 108 valence electrons. The van der Waals surface area contributed by atoms with Gasteiger partial charge in [-0.1, -0.05) is 0 Å². The predicted octanol–water partition coefficient (Wildman–Crippen LogP) is 3.31. The molecular formula is C13H13Cl2FN2O2. The van der Waals surface area contributed by atoms with Crippen LogP contribution in [0.4, 0.5) is 15.8 Å². The van der Waals surface area contributed by atoms with Crippen LogP contribution >= 0.6 is 23.2 Å². The summed E-state index contributed by atoms with van der Waals surface area (Å²) in [5, 5.41) is 4.96. The molecule has 0 radical (unpaired) electrons. The largest absolute Gasteiger partial charge is 0.325 e. The maximum atomic E-state index is 13.5. The van der Waals surface area contributed by atoms with Crippen molar-refractivity contribution in [2.24, 2.45) is 5.41 Å². The van der Waals surface area contributed by atoms with Gasteiger partial charge >= 0.3 is 0 Å². The van der Waals surface area contributed by atoms with Crippen molar-refractivity contribution in [1.82, 2.24) is 0 Å². The normalized spacial score (nSPS) is 23.1. The molecule has 0 heterocycles. The third-order valence-corrected chi connectivity index (χ3v) is 4.40. The van der Waals surface area contributed by atoms with Gasteiger partial charge in [0.1, 0.15) is 10.2 Å². The van der Waals surface area contributed by atoms with Crippen LogP contribution in [0.3, 0.4) is 0 Å². The maximum absolute atomic E-state index is 13.5. The first-order valence-corrected chi connectivity index (χ1v) is 6.68. The fourth-order valence-electron chi connectivity index (χ4n) is 1.80. The molecule has 0 aromatic heterocycles. The number of alkyl halides is 2. The summed E-state index contributed by atoms with van der Waals surface area (Å²) in [7, 11) is 0. The molecule has 0 spiro atoms. The number of amides is 2. The van der Waals surface area contributed by atoms with Crippen molar-refractivity contribution in [3.8, 4) is 0 Å². The van der Waals surface area contributed by atoms with E-state index in [0.29, 0.717) is 12.1 Å². The zero-order chi connectivity index (χ0) is 15.1. The van der Waals surface area contributed by atoms with Crippen molar-refractivity contribution in [2.75, 3.05) is 10.6 Å². The van der Waals surface area contributed by atoms with Crippen LogP contribution < -0.4 is 10.6 Å². The number of anilines is 2. The monoisotopic (exact) mass is 318 g/mol. The Morgan fingerprint density at radius 3 is 2.40 bits per heavy atom. The number of rotatable bonds is 3. The van der Waals surface area contributed by atoms with Crippen molar-refractivity contribution < 1.29 is 14.0 Å². The molecule has 2 amide bonds. The van der Waals surface area contributed by atoms with Crippen LogP contribution in [0.25, 0.3) is 0 Å². The van der Waals surface area contributed by atoms with E-state index >= 15 is 0 Å². The van der Waals surface area contributed by atoms with Gasteiger partial charge in [0, 0.05) is 12.6 Å². The topological polar surface area (TPSA) is 58.2 Å². The van der Waals surface area contributed by atoms with Crippen LogP contribution in [0.2, 0.25) is 0 Å². The van der Waals surface area contributed by atoms with Gasteiger partial charge in [-0.05, 0) is 31.5 Å². The maximum Gasteiger partial charge on any atom is 0.233 e. The van der Waals surface area contributed by atoms with Crippen LogP contribution in [0.5, 0.6) is 0 Å². The Morgan fingerprint density at radius 2 is 1.90 bits per heavy atom. The molecule has 0 aliphatic heterocycles. The summed E-state index contributed by atoms with van der Waals surface area (Å²) in [5.74, 6) is -1.33. The first kappa shape index (κ1) is 15.1. The lowest BCUT2D eigenvalue weighted by atomic mass is 10.1. The second-order valence-electron chi connectivity index (χ2n) is 5.04. The summed E-state index contributed by atoms with van der Waals surface area (Å²) in [4.78, 5) is 23.0. The Morgan fingerprint density at radius 1 is 1.30 bits per heavy atom. The average molecular weight is 319 g/mol. The number of halogens is 3. The minimum absolute atomic E-state index is 0.000685. The number of hydrogen-bond acceptors (Lipinski definition) is 2. The molecule has 1 saturated carbocycles. The Balaban J connectivity index is 2.15. The van der Waals surface area contributed by atoms with Gasteiger partial charge in [-0.25, -0.2) is 4.39 Å². The summed E-state index contributed by atoms with van der Waals surface area (Å²) in [6.45, 7) is 2.92. The van der Waals surface area contributed by atoms with E-state index in [-0.39, 0.29) is 11.6 Å². The quantitative estimate of drug-likeness (QED) is 0.840. The van der Waals surface area contributed by atoms with Crippen molar-refractivity contribution in [3.63, 3.8) is 0 Å². The fourth-order valence-corrected chi connectivity index (χ4v) is 2.51. The average Bonchev–Trinajstić information content (AvgIpc) is 2.83. The Hall–Kier alpha value is -1.33. The lowest BCUT2D eigenvalue weighted by Gasteiger charge is -2.13. The molecule has 1 atom stereocenters.